The van der Waals surface area contributed by atoms with Crippen LogP contribution in [0.25, 0.3) is 0 Å². The number of hydrogen-bond acceptors (Lipinski definition) is 3. The maximum atomic E-state index is 10.5. The van der Waals surface area contributed by atoms with Crippen molar-refractivity contribution in [3.63, 3.8) is 0 Å². The Morgan fingerprint density at radius 3 is 2.64 bits per heavy atom. The molecule has 0 aromatic rings. The number of esters is 1. The Hall–Kier alpha value is -0.400. The van der Waals surface area contributed by atoms with Crippen LogP contribution in [-0.2, 0) is 14.1 Å². The lowest BCUT2D eigenvalue weighted by molar-refractivity contribution is -0.139. The zero-order chi connectivity index (χ0) is 10.8. The third-order valence-corrected chi connectivity index (χ3v) is 2.04. The Morgan fingerprint density at radius 2 is 2.07 bits per heavy atom. The highest BCUT2D eigenvalue weighted by Crippen LogP contribution is 2.06. The van der Waals surface area contributed by atoms with Gasteiger partial charge in [0.2, 0.25) is 0 Å². The van der Waals surface area contributed by atoms with E-state index in [0.29, 0.717) is 6.61 Å². The van der Waals surface area contributed by atoms with Crippen LogP contribution in [0.4, 0.5) is 0 Å². The smallest absolute Gasteiger partial charge is 0.302 e. The van der Waals surface area contributed by atoms with Gasteiger partial charge >= 0.3 is 5.97 Å². The molecule has 3 nitrogen and oxygen atoms in total. The highest BCUT2D eigenvalue weighted by atomic mass is 31.0. The van der Waals surface area contributed by atoms with Gasteiger partial charge in [0.25, 0.3) is 0 Å². The van der Waals surface area contributed by atoms with Crippen molar-refractivity contribution >= 4 is 15.4 Å². The van der Waals surface area contributed by atoms with E-state index in [-0.39, 0.29) is 5.97 Å². The fourth-order valence-corrected chi connectivity index (χ4v) is 1.16. The summed E-state index contributed by atoms with van der Waals surface area (Å²) < 4.78 is 9.66. The van der Waals surface area contributed by atoms with Gasteiger partial charge in [-0.05, 0) is 32.3 Å². The Bertz CT molecular complexity index is 190. The molecule has 14 heavy (non-hydrogen) atoms. The van der Waals surface area contributed by atoms with Gasteiger partial charge in [-0.15, -0.1) is 0 Å². The molecule has 0 heterocycles. The number of rotatable bonds is 7. The van der Waals surface area contributed by atoms with Crippen molar-refractivity contribution in [2.24, 2.45) is 0 Å². The fraction of sp³-hybridized carbons (Fsp3) is 0.700. The summed E-state index contributed by atoms with van der Waals surface area (Å²) in [5.74, 6) is -0.231. The van der Waals surface area contributed by atoms with Crippen molar-refractivity contribution in [1.82, 2.24) is 0 Å². The molecule has 0 amide bonds. The zero-order valence-electron chi connectivity index (χ0n) is 8.91. The van der Waals surface area contributed by atoms with E-state index in [1.807, 2.05) is 13.0 Å². The number of carbonyl (C=O) groups is 1. The average Bonchev–Trinajstić information content (AvgIpc) is 2.12. The molecule has 0 aliphatic heterocycles. The first kappa shape index (κ1) is 13.6. The van der Waals surface area contributed by atoms with Crippen molar-refractivity contribution in [2.45, 2.75) is 33.1 Å². The molecule has 0 rings (SSSR count). The molecule has 0 saturated carbocycles. The summed E-state index contributed by atoms with van der Waals surface area (Å²) in [6.07, 6.45) is 5.15. The summed E-state index contributed by atoms with van der Waals surface area (Å²) >= 11 is 0. The minimum atomic E-state index is -0.231. The van der Waals surface area contributed by atoms with Gasteiger partial charge in [0.05, 0.1) is 6.61 Å². The molecule has 0 spiro atoms. The highest BCUT2D eigenvalue weighted by molar-refractivity contribution is 7.09. The minimum Gasteiger partial charge on any atom is -0.462 e. The van der Waals surface area contributed by atoms with Crippen molar-refractivity contribution in [1.29, 1.82) is 0 Å². The number of allylic oxidation sites excluding steroid dienone is 1. The molecule has 0 aliphatic carbocycles. The molecule has 0 saturated heterocycles. The molecule has 0 aromatic heterocycles. The zero-order valence-corrected chi connectivity index (χ0v) is 10.1. The molecule has 4 heteroatoms. The van der Waals surface area contributed by atoms with Gasteiger partial charge in [0, 0.05) is 16.4 Å². The van der Waals surface area contributed by atoms with Crippen LogP contribution in [0.1, 0.15) is 33.1 Å². The van der Waals surface area contributed by atoms with Gasteiger partial charge in [-0.1, -0.05) is 5.57 Å². The van der Waals surface area contributed by atoms with Crippen LogP contribution in [0.15, 0.2) is 11.6 Å². The van der Waals surface area contributed by atoms with Crippen molar-refractivity contribution in [3.8, 4) is 0 Å². The lowest BCUT2D eigenvalue weighted by atomic mass is 10.1. The molecular weight excluding hydrogens is 199 g/mol. The lowest BCUT2D eigenvalue weighted by Crippen LogP contribution is -1.98. The van der Waals surface area contributed by atoms with Crippen LogP contribution in [0.5, 0.6) is 0 Å². The van der Waals surface area contributed by atoms with Gasteiger partial charge in [0.1, 0.15) is 6.61 Å². The molecule has 1 atom stereocenters. The first-order valence-electron chi connectivity index (χ1n) is 4.77. The average molecular weight is 218 g/mol. The monoisotopic (exact) mass is 218 g/mol. The second-order valence-corrected chi connectivity index (χ2v) is 3.51. The summed E-state index contributed by atoms with van der Waals surface area (Å²) in [5.41, 5.74) is 1.26. The molecule has 0 aliphatic rings. The highest BCUT2D eigenvalue weighted by Gasteiger charge is 1.93. The maximum Gasteiger partial charge on any atom is 0.302 e. The van der Waals surface area contributed by atoms with E-state index in [0.717, 1.165) is 25.9 Å². The predicted octanol–water partition coefficient (Wildman–Crippen LogP) is 2.47. The summed E-state index contributed by atoms with van der Waals surface area (Å²) in [7, 11) is 2.24. The van der Waals surface area contributed by atoms with Gasteiger partial charge in [-0.2, -0.15) is 0 Å². The molecular formula is C10H19O3P. The van der Waals surface area contributed by atoms with E-state index >= 15 is 0 Å². The van der Waals surface area contributed by atoms with Crippen LogP contribution >= 0.6 is 9.47 Å². The van der Waals surface area contributed by atoms with Gasteiger partial charge in [-0.3, -0.25) is 4.79 Å². The predicted molar refractivity (Wildman–Crippen MR) is 59.9 cm³/mol. The summed E-state index contributed by atoms with van der Waals surface area (Å²) in [5, 5.41) is 0. The molecule has 0 aromatic carbocycles. The van der Waals surface area contributed by atoms with Crippen molar-refractivity contribution in [2.75, 3.05) is 13.2 Å². The quantitative estimate of drug-likeness (QED) is 0.285. The first-order valence-corrected chi connectivity index (χ1v) is 5.24. The van der Waals surface area contributed by atoms with Crippen LogP contribution < -0.4 is 0 Å². The molecule has 0 fully saturated rings. The molecule has 0 bridgehead atoms. The van der Waals surface area contributed by atoms with E-state index in [1.54, 1.807) is 0 Å². The van der Waals surface area contributed by atoms with Gasteiger partial charge in [-0.25, -0.2) is 0 Å². The Labute approximate surface area is 88.1 Å². The number of unbranched alkanes of at least 4 members (excludes halogenated alkanes) is 1. The Kier molecular flexibility index (Phi) is 8.90. The third-order valence-electron chi connectivity index (χ3n) is 1.80. The summed E-state index contributed by atoms with van der Waals surface area (Å²) in [6.45, 7) is 4.63. The Balaban J connectivity index is 3.42. The fourth-order valence-electron chi connectivity index (χ4n) is 0.993. The molecule has 82 valence electrons. The van der Waals surface area contributed by atoms with Gasteiger partial charge < -0.3 is 9.26 Å². The number of carbonyl (C=O) groups excluding carboxylic acids is 1. The summed E-state index contributed by atoms with van der Waals surface area (Å²) in [4.78, 5) is 10.5. The summed E-state index contributed by atoms with van der Waals surface area (Å²) in [6, 6.07) is 0. The second-order valence-electron chi connectivity index (χ2n) is 3.18. The van der Waals surface area contributed by atoms with E-state index in [4.69, 9.17) is 9.26 Å². The second kappa shape index (κ2) is 9.17. The SMILES string of the molecule is CC(=O)OC/C=C(\C)CCCCOP. The lowest BCUT2D eigenvalue weighted by Gasteiger charge is -2.01. The van der Waals surface area contributed by atoms with Crippen LogP contribution in [0.3, 0.4) is 0 Å². The largest absolute Gasteiger partial charge is 0.462 e. The standard InChI is InChI=1S/C10H19O3P/c1-9(5-3-4-7-13-14)6-8-12-10(2)11/h6H,3-5,7-8,14H2,1-2H3/b9-6+. The van der Waals surface area contributed by atoms with E-state index in [9.17, 15) is 4.79 Å². The molecule has 1 unspecified atom stereocenters. The minimum absolute atomic E-state index is 0.231. The van der Waals surface area contributed by atoms with Crippen LogP contribution in [-0.4, -0.2) is 19.2 Å². The Morgan fingerprint density at radius 1 is 1.36 bits per heavy atom. The van der Waals surface area contributed by atoms with Gasteiger partial charge in [0.15, 0.2) is 0 Å². The van der Waals surface area contributed by atoms with Crippen molar-refractivity contribution < 1.29 is 14.1 Å². The first-order chi connectivity index (χ1) is 6.66. The van der Waals surface area contributed by atoms with E-state index < -0.39 is 0 Å². The molecule has 0 radical (unpaired) electrons. The topological polar surface area (TPSA) is 35.5 Å². The third kappa shape index (κ3) is 9.69. The number of hydrogen-bond donors (Lipinski definition) is 0. The van der Waals surface area contributed by atoms with E-state index in [2.05, 4.69) is 9.47 Å². The maximum absolute atomic E-state index is 10.5. The number of ether oxygens (including phenoxy) is 1. The van der Waals surface area contributed by atoms with E-state index in [1.165, 1.54) is 12.5 Å². The molecule has 0 N–H and O–H groups in total. The van der Waals surface area contributed by atoms with Crippen LogP contribution in [0, 0.1) is 0 Å². The van der Waals surface area contributed by atoms with Crippen LogP contribution in [0.2, 0.25) is 0 Å². The normalized spacial score (nSPS) is 11.5. The van der Waals surface area contributed by atoms with Crippen molar-refractivity contribution in [3.05, 3.63) is 11.6 Å².